The average molecular weight is 236 g/mol. The van der Waals surface area contributed by atoms with E-state index >= 15 is 0 Å². The molecule has 0 atom stereocenters. The second-order valence-electron chi connectivity index (χ2n) is 3.45. The normalized spacial score (nSPS) is 10.9. The maximum atomic E-state index is 5.47. The lowest BCUT2D eigenvalue weighted by Gasteiger charge is -2.00. The zero-order valence-corrected chi connectivity index (χ0v) is 10.4. The van der Waals surface area contributed by atoms with Gasteiger partial charge in [0.05, 0.1) is 16.8 Å². The number of ether oxygens (including phenoxy) is 1. The van der Waals surface area contributed by atoms with Crippen molar-refractivity contribution in [1.29, 1.82) is 0 Å². The number of benzene rings is 1. The summed E-state index contributed by atoms with van der Waals surface area (Å²) in [4.78, 5) is 4.55. The van der Waals surface area contributed by atoms with E-state index in [9.17, 15) is 0 Å². The van der Waals surface area contributed by atoms with Crippen molar-refractivity contribution < 1.29 is 4.74 Å². The van der Waals surface area contributed by atoms with E-state index in [0.29, 0.717) is 6.61 Å². The summed E-state index contributed by atoms with van der Waals surface area (Å²) < 4.78 is 6.66. The monoisotopic (exact) mass is 236 g/mol. The van der Waals surface area contributed by atoms with Crippen molar-refractivity contribution in [3.05, 3.63) is 23.2 Å². The maximum Gasteiger partial charge on any atom is 0.120 e. The van der Waals surface area contributed by atoms with Gasteiger partial charge in [-0.25, -0.2) is 4.98 Å². The Morgan fingerprint density at radius 2 is 2.25 bits per heavy atom. The average Bonchev–Trinajstić information content (AvgIpc) is 2.68. The topological polar surface area (TPSA) is 34.2 Å². The molecule has 4 heteroatoms. The fourth-order valence-corrected chi connectivity index (χ4v) is 2.48. The van der Waals surface area contributed by atoms with E-state index in [2.05, 4.69) is 23.3 Å². The summed E-state index contributed by atoms with van der Waals surface area (Å²) in [5, 5.41) is 4.41. The third-order valence-electron chi connectivity index (χ3n) is 2.24. The van der Waals surface area contributed by atoms with Crippen LogP contribution in [0.2, 0.25) is 0 Å². The minimum absolute atomic E-state index is 0.703. The fraction of sp³-hybridized carbons (Fsp3) is 0.417. The molecule has 0 radical (unpaired) electrons. The molecule has 0 bridgehead atoms. The van der Waals surface area contributed by atoms with Gasteiger partial charge in [-0.3, -0.25) is 0 Å². The van der Waals surface area contributed by atoms with Crippen LogP contribution in [0.5, 0.6) is 5.75 Å². The van der Waals surface area contributed by atoms with E-state index in [1.54, 1.807) is 11.3 Å². The molecule has 0 amide bonds. The second-order valence-corrected chi connectivity index (χ2v) is 4.57. The first-order valence-electron chi connectivity index (χ1n) is 5.56. The molecule has 16 heavy (non-hydrogen) atoms. The standard InChI is InChI=1S/C12H16N2OS/c1-3-13-8-12-14-10-6-5-9(15-4-2)7-11(10)16-12/h5-7,13H,3-4,8H2,1-2H3. The highest BCUT2D eigenvalue weighted by Gasteiger charge is 2.04. The predicted molar refractivity (Wildman–Crippen MR) is 68.2 cm³/mol. The molecule has 0 saturated heterocycles. The Kier molecular flexibility index (Phi) is 3.74. The van der Waals surface area contributed by atoms with Crippen molar-refractivity contribution >= 4 is 21.6 Å². The smallest absolute Gasteiger partial charge is 0.120 e. The van der Waals surface area contributed by atoms with Gasteiger partial charge in [-0.1, -0.05) is 6.92 Å². The van der Waals surface area contributed by atoms with Gasteiger partial charge in [-0.2, -0.15) is 0 Å². The Morgan fingerprint density at radius 3 is 3.00 bits per heavy atom. The third kappa shape index (κ3) is 2.51. The molecule has 0 aliphatic rings. The van der Waals surface area contributed by atoms with Crippen LogP contribution < -0.4 is 10.1 Å². The van der Waals surface area contributed by atoms with Gasteiger partial charge in [0.2, 0.25) is 0 Å². The Hall–Kier alpha value is -1.13. The SMILES string of the molecule is CCNCc1nc2ccc(OCC)cc2s1. The van der Waals surface area contributed by atoms with E-state index in [0.717, 1.165) is 29.4 Å². The maximum absolute atomic E-state index is 5.47. The molecular formula is C12H16N2OS. The third-order valence-corrected chi connectivity index (χ3v) is 3.26. The number of nitrogens with one attached hydrogen (secondary N) is 1. The Balaban J connectivity index is 2.23. The molecule has 0 spiro atoms. The van der Waals surface area contributed by atoms with Gasteiger partial charge in [0.1, 0.15) is 10.8 Å². The quantitative estimate of drug-likeness (QED) is 0.866. The molecule has 2 aromatic rings. The fourth-order valence-electron chi connectivity index (χ4n) is 1.52. The molecule has 0 aliphatic heterocycles. The molecular weight excluding hydrogens is 220 g/mol. The molecule has 3 nitrogen and oxygen atoms in total. The molecule has 1 aromatic carbocycles. The van der Waals surface area contributed by atoms with Crippen LogP contribution in [0, 0.1) is 0 Å². The van der Waals surface area contributed by atoms with Crippen LogP contribution in [0.3, 0.4) is 0 Å². The number of nitrogens with zero attached hydrogens (tertiary/aromatic N) is 1. The molecule has 0 saturated carbocycles. The van der Waals surface area contributed by atoms with Crippen molar-refractivity contribution in [2.75, 3.05) is 13.2 Å². The van der Waals surface area contributed by atoms with Gasteiger partial charge in [-0.15, -0.1) is 11.3 Å². The minimum Gasteiger partial charge on any atom is -0.494 e. The van der Waals surface area contributed by atoms with Crippen molar-refractivity contribution in [3.63, 3.8) is 0 Å². The lowest BCUT2D eigenvalue weighted by atomic mass is 10.3. The van der Waals surface area contributed by atoms with Gasteiger partial charge in [0.25, 0.3) is 0 Å². The molecule has 1 heterocycles. The summed E-state index contributed by atoms with van der Waals surface area (Å²) in [6.45, 7) is 6.61. The number of fused-ring (bicyclic) bond motifs is 1. The van der Waals surface area contributed by atoms with E-state index in [4.69, 9.17) is 4.74 Å². The van der Waals surface area contributed by atoms with Crippen LogP contribution in [-0.4, -0.2) is 18.1 Å². The largest absolute Gasteiger partial charge is 0.494 e. The molecule has 0 unspecified atom stereocenters. The zero-order valence-electron chi connectivity index (χ0n) is 9.62. The van der Waals surface area contributed by atoms with Crippen LogP contribution in [0.15, 0.2) is 18.2 Å². The van der Waals surface area contributed by atoms with Gasteiger partial charge in [0, 0.05) is 6.54 Å². The van der Waals surface area contributed by atoms with Crippen molar-refractivity contribution in [1.82, 2.24) is 10.3 Å². The lowest BCUT2D eigenvalue weighted by Crippen LogP contribution is -2.11. The van der Waals surface area contributed by atoms with Crippen molar-refractivity contribution in [3.8, 4) is 5.75 Å². The van der Waals surface area contributed by atoms with Gasteiger partial charge < -0.3 is 10.1 Å². The summed E-state index contributed by atoms with van der Waals surface area (Å²) in [6.07, 6.45) is 0. The first-order valence-corrected chi connectivity index (χ1v) is 6.38. The summed E-state index contributed by atoms with van der Waals surface area (Å²) in [7, 11) is 0. The number of thiazole rings is 1. The predicted octanol–water partition coefficient (Wildman–Crippen LogP) is 2.80. The van der Waals surface area contributed by atoms with Crippen LogP contribution in [-0.2, 0) is 6.54 Å². The zero-order chi connectivity index (χ0) is 11.4. The highest BCUT2D eigenvalue weighted by molar-refractivity contribution is 7.18. The molecule has 86 valence electrons. The summed E-state index contributed by atoms with van der Waals surface area (Å²) in [5.41, 5.74) is 1.06. The lowest BCUT2D eigenvalue weighted by molar-refractivity contribution is 0.341. The summed E-state index contributed by atoms with van der Waals surface area (Å²) in [6, 6.07) is 6.06. The summed E-state index contributed by atoms with van der Waals surface area (Å²) >= 11 is 1.72. The van der Waals surface area contributed by atoms with Crippen LogP contribution in [0.4, 0.5) is 0 Å². The number of hydrogen-bond donors (Lipinski definition) is 1. The number of rotatable bonds is 5. The van der Waals surface area contributed by atoms with E-state index < -0.39 is 0 Å². The highest BCUT2D eigenvalue weighted by Crippen LogP contribution is 2.26. The minimum atomic E-state index is 0.703. The van der Waals surface area contributed by atoms with Gasteiger partial charge >= 0.3 is 0 Å². The Bertz CT molecular complexity index is 467. The van der Waals surface area contributed by atoms with Crippen LogP contribution >= 0.6 is 11.3 Å². The van der Waals surface area contributed by atoms with E-state index in [1.165, 1.54) is 4.70 Å². The van der Waals surface area contributed by atoms with Gasteiger partial charge in [-0.05, 0) is 31.7 Å². The van der Waals surface area contributed by atoms with Crippen LogP contribution in [0.1, 0.15) is 18.9 Å². The van der Waals surface area contributed by atoms with Crippen molar-refractivity contribution in [2.24, 2.45) is 0 Å². The molecule has 0 aliphatic carbocycles. The van der Waals surface area contributed by atoms with Gasteiger partial charge in [0.15, 0.2) is 0 Å². The Labute approximate surface area is 99.5 Å². The molecule has 2 rings (SSSR count). The highest BCUT2D eigenvalue weighted by atomic mass is 32.1. The molecule has 1 aromatic heterocycles. The van der Waals surface area contributed by atoms with Crippen molar-refractivity contribution in [2.45, 2.75) is 20.4 Å². The summed E-state index contributed by atoms with van der Waals surface area (Å²) in [5.74, 6) is 0.925. The van der Waals surface area contributed by atoms with E-state index in [1.807, 2.05) is 19.1 Å². The van der Waals surface area contributed by atoms with E-state index in [-0.39, 0.29) is 0 Å². The number of aromatic nitrogens is 1. The Morgan fingerprint density at radius 1 is 1.38 bits per heavy atom. The first-order chi connectivity index (χ1) is 7.83. The molecule has 1 N–H and O–H groups in total. The van der Waals surface area contributed by atoms with Crippen LogP contribution in [0.25, 0.3) is 10.2 Å². The first kappa shape index (κ1) is 11.4. The second kappa shape index (κ2) is 5.27. The molecule has 0 fully saturated rings. The number of hydrogen-bond acceptors (Lipinski definition) is 4.